The van der Waals surface area contributed by atoms with Crippen LogP contribution in [0.3, 0.4) is 0 Å². The van der Waals surface area contributed by atoms with Crippen LogP contribution in [0.1, 0.15) is 30.3 Å². The fourth-order valence-electron chi connectivity index (χ4n) is 2.46. The second-order valence-electron chi connectivity index (χ2n) is 5.73. The highest BCUT2D eigenvalue weighted by Crippen LogP contribution is 2.15. The van der Waals surface area contributed by atoms with Gasteiger partial charge in [0.1, 0.15) is 17.8 Å². The van der Waals surface area contributed by atoms with Crippen LogP contribution in [0.5, 0.6) is 0 Å². The molecule has 24 heavy (non-hydrogen) atoms. The fraction of sp³-hybridized carbons (Fsp3) is 0.600. The van der Waals surface area contributed by atoms with Crippen molar-refractivity contribution in [2.24, 2.45) is 0 Å². The molecule has 0 saturated carbocycles. The van der Waals surface area contributed by atoms with E-state index in [1.807, 2.05) is 4.90 Å². The normalized spacial score (nSPS) is 16.5. The summed E-state index contributed by atoms with van der Waals surface area (Å²) < 4.78 is 0. The number of aliphatic hydroxyl groups excluding tert-OH is 1. The van der Waals surface area contributed by atoms with Gasteiger partial charge in [0, 0.05) is 38.7 Å². The Bertz CT molecular complexity index is 578. The monoisotopic (exact) mass is 355 g/mol. The Balaban J connectivity index is 1.89. The molecule has 1 saturated heterocycles. The van der Waals surface area contributed by atoms with Gasteiger partial charge in [-0.1, -0.05) is 0 Å². The van der Waals surface area contributed by atoms with E-state index < -0.39 is 12.0 Å². The molecule has 1 atom stereocenters. The van der Waals surface area contributed by atoms with Crippen molar-refractivity contribution >= 4 is 29.2 Å². The van der Waals surface area contributed by atoms with Crippen LogP contribution < -0.4 is 10.6 Å². The lowest BCUT2D eigenvalue weighted by atomic mass is 10.1. The van der Waals surface area contributed by atoms with Crippen molar-refractivity contribution in [3.8, 4) is 0 Å². The van der Waals surface area contributed by atoms with Gasteiger partial charge in [-0.25, -0.2) is 9.97 Å². The summed E-state index contributed by atoms with van der Waals surface area (Å²) in [6, 6.07) is 1.77. The highest BCUT2D eigenvalue weighted by molar-refractivity contribution is 6.18. The predicted molar refractivity (Wildman–Crippen MR) is 90.0 cm³/mol. The number of nitrogens with zero attached hydrogens (tertiary/aromatic N) is 3. The third kappa shape index (κ3) is 5.31. The fourth-order valence-corrected chi connectivity index (χ4v) is 2.57. The minimum Gasteiger partial charge on any atom is -0.390 e. The van der Waals surface area contributed by atoms with Crippen molar-refractivity contribution in [2.75, 3.05) is 30.8 Å². The minimum atomic E-state index is -0.790. The van der Waals surface area contributed by atoms with Crippen molar-refractivity contribution in [3.63, 3.8) is 0 Å². The Kier molecular flexibility index (Phi) is 6.74. The molecule has 0 aliphatic carbocycles. The molecule has 2 rings (SSSR count). The average molecular weight is 356 g/mol. The lowest BCUT2D eigenvalue weighted by Gasteiger charge is -2.31. The highest BCUT2D eigenvalue weighted by Gasteiger charge is 2.21. The van der Waals surface area contributed by atoms with Crippen LogP contribution in [0.2, 0.25) is 0 Å². The first-order valence-electron chi connectivity index (χ1n) is 7.86. The topological polar surface area (TPSA) is 107 Å². The van der Waals surface area contributed by atoms with E-state index in [1.165, 1.54) is 6.33 Å². The number of anilines is 1. The smallest absolute Gasteiger partial charge is 0.270 e. The molecular formula is C15H22ClN5O3. The molecule has 0 radical (unpaired) electrons. The standard InChI is InChI=1S/C15H22ClN5O3/c1-10(22)21-4-2-11(3-5-21)20-14-6-13(18-9-19-14)15(24)17-8-12(23)7-16/h6,9,11-12,23H,2-5,7-8H2,1H3,(H,17,24)(H,18,19,20)/t12-/m1/s1. The van der Waals surface area contributed by atoms with Crippen molar-refractivity contribution in [3.05, 3.63) is 18.1 Å². The van der Waals surface area contributed by atoms with E-state index >= 15 is 0 Å². The van der Waals surface area contributed by atoms with E-state index in [4.69, 9.17) is 11.6 Å². The molecule has 1 aliphatic heterocycles. The molecular weight excluding hydrogens is 334 g/mol. The van der Waals surface area contributed by atoms with Gasteiger partial charge in [-0.2, -0.15) is 0 Å². The van der Waals surface area contributed by atoms with E-state index in [1.54, 1.807) is 13.0 Å². The van der Waals surface area contributed by atoms with Crippen LogP contribution in [0.4, 0.5) is 5.82 Å². The molecule has 1 aromatic rings. The maximum absolute atomic E-state index is 12.0. The highest BCUT2D eigenvalue weighted by atomic mass is 35.5. The van der Waals surface area contributed by atoms with Crippen molar-refractivity contribution in [2.45, 2.75) is 31.9 Å². The summed E-state index contributed by atoms with van der Waals surface area (Å²) in [6.45, 7) is 3.06. The van der Waals surface area contributed by atoms with Gasteiger partial charge in [-0.15, -0.1) is 11.6 Å². The first-order valence-corrected chi connectivity index (χ1v) is 8.39. The Morgan fingerprint density at radius 1 is 1.42 bits per heavy atom. The average Bonchev–Trinajstić information content (AvgIpc) is 2.60. The number of carbonyl (C=O) groups is 2. The second kappa shape index (κ2) is 8.79. The number of hydrogen-bond donors (Lipinski definition) is 3. The van der Waals surface area contributed by atoms with Gasteiger partial charge < -0.3 is 20.6 Å². The van der Waals surface area contributed by atoms with E-state index in [9.17, 15) is 14.7 Å². The molecule has 1 aliphatic rings. The first kappa shape index (κ1) is 18.4. The number of likely N-dealkylation sites (tertiary alicyclic amines) is 1. The van der Waals surface area contributed by atoms with Crippen LogP contribution in [0.15, 0.2) is 12.4 Å². The summed E-state index contributed by atoms with van der Waals surface area (Å²) in [5.74, 6) is 0.314. The predicted octanol–water partition coefficient (Wildman–Crippen LogP) is 0.229. The SMILES string of the molecule is CC(=O)N1CCC(Nc2cc(C(=O)NC[C@H](O)CCl)ncn2)CC1. The third-order valence-electron chi connectivity index (χ3n) is 3.87. The number of carbonyl (C=O) groups excluding carboxylic acids is 2. The molecule has 1 aromatic heterocycles. The van der Waals surface area contributed by atoms with Crippen molar-refractivity contribution < 1.29 is 14.7 Å². The summed E-state index contributed by atoms with van der Waals surface area (Å²) >= 11 is 5.48. The number of halogens is 1. The molecule has 2 amide bonds. The zero-order chi connectivity index (χ0) is 17.5. The van der Waals surface area contributed by atoms with Crippen LogP contribution in [-0.2, 0) is 4.79 Å². The molecule has 8 nitrogen and oxygen atoms in total. The number of piperidine rings is 1. The van der Waals surface area contributed by atoms with Crippen LogP contribution in [0.25, 0.3) is 0 Å². The van der Waals surface area contributed by atoms with E-state index in [0.717, 1.165) is 12.8 Å². The van der Waals surface area contributed by atoms with E-state index in [0.29, 0.717) is 18.9 Å². The number of hydrogen-bond acceptors (Lipinski definition) is 6. The maximum atomic E-state index is 12.0. The molecule has 0 unspecified atom stereocenters. The molecule has 3 N–H and O–H groups in total. The number of rotatable bonds is 6. The number of aliphatic hydroxyl groups is 1. The zero-order valence-electron chi connectivity index (χ0n) is 13.5. The molecule has 0 spiro atoms. The minimum absolute atomic E-state index is 0.0514. The molecule has 0 aromatic carbocycles. The second-order valence-corrected chi connectivity index (χ2v) is 6.04. The first-order chi connectivity index (χ1) is 11.5. The summed E-state index contributed by atoms with van der Waals surface area (Å²) in [4.78, 5) is 33.2. The number of amides is 2. The number of alkyl halides is 1. The van der Waals surface area contributed by atoms with Gasteiger partial charge in [0.15, 0.2) is 0 Å². The largest absolute Gasteiger partial charge is 0.390 e. The third-order valence-corrected chi connectivity index (χ3v) is 4.22. The van der Waals surface area contributed by atoms with E-state index in [-0.39, 0.29) is 30.1 Å². The van der Waals surface area contributed by atoms with Gasteiger partial charge in [-0.3, -0.25) is 9.59 Å². The van der Waals surface area contributed by atoms with Gasteiger partial charge in [0.05, 0.1) is 12.0 Å². The van der Waals surface area contributed by atoms with Crippen molar-refractivity contribution in [1.82, 2.24) is 20.2 Å². The van der Waals surface area contributed by atoms with Crippen molar-refractivity contribution in [1.29, 1.82) is 0 Å². The Morgan fingerprint density at radius 3 is 2.75 bits per heavy atom. The Hall–Kier alpha value is -1.93. The Labute approximate surface area is 145 Å². The zero-order valence-corrected chi connectivity index (χ0v) is 14.3. The maximum Gasteiger partial charge on any atom is 0.270 e. The Morgan fingerprint density at radius 2 is 2.12 bits per heavy atom. The lowest BCUT2D eigenvalue weighted by molar-refractivity contribution is -0.129. The summed E-state index contributed by atoms with van der Waals surface area (Å²) in [5, 5.41) is 15.2. The molecule has 2 heterocycles. The van der Waals surface area contributed by atoms with Gasteiger partial charge in [-0.05, 0) is 12.8 Å². The molecule has 0 bridgehead atoms. The number of aromatic nitrogens is 2. The van der Waals surface area contributed by atoms with E-state index in [2.05, 4.69) is 20.6 Å². The number of nitrogens with one attached hydrogen (secondary N) is 2. The molecule has 132 valence electrons. The van der Waals surface area contributed by atoms with Crippen LogP contribution in [-0.4, -0.2) is 69.4 Å². The van der Waals surface area contributed by atoms with Crippen LogP contribution >= 0.6 is 11.6 Å². The van der Waals surface area contributed by atoms with Gasteiger partial charge >= 0.3 is 0 Å². The lowest BCUT2D eigenvalue weighted by Crippen LogP contribution is -2.41. The summed E-state index contributed by atoms with van der Waals surface area (Å²) in [7, 11) is 0. The summed E-state index contributed by atoms with van der Waals surface area (Å²) in [5.41, 5.74) is 0.218. The van der Waals surface area contributed by atoms with Gasteiger partial charge in [0.25, 0.3) is 5.91 Å². The summed E-state index contributed by atoms with van der Waals surface area (Å²) in [6.07, 6.45) is 2.18. The molecule has 9 heteroatoms. The van der Waals surface area contributed by atoms with Gasteiger partial charge in [0.2, 0.25) is 5.91 Å². The molecule has 1 fully saturated rings. The van der Waals surface area contributed by atoms with Crippen LogP contribution in [0, 0.1) is 0 Å². The quantitative estimate of drug-likeness (QED) is 0.630.